The van der Waals surface area contributed by atoms with Crippen LogP contribution < -0.4 is 0 Å². The third kappa shape index (κ3) is 3.25. The molecule has 2 aliphatic rings. The van der Waals surface area contributed by atoms with E-state index in [9.17, 15) is 10.5 Å². The van der Waals surface area contributed by atoms with E-state index in [1.807, 2.05) is 13.8 Å². The Bertz CT molecular complexity index is 1390. The van der Waals surface area contributed by atoms with Gasteiger partial charge in [-0.2, -0.15) is 10.5 Å². The van der Waals surface area contributed by atoms with E-state index in [-0.39, 0.29) is 11.6 Å². The Hall–Kier alpha value is -4.02. The van der Waals surface area contributed by atoms with Crippen LogP contribution in [0.15, 0.2) is 72.8 Å². The van der Waals surface area contributed by atoms with Crippen molar-refractivity contribution in [2.24, 2.45) is 10.8 Å². The van der Waals surface area contributed by atoms with Crippen molar-refractivity contribution in [1.82, 2.24) is 0 Å². The fourth-order valence-corrected chi connectivity index (χ4v) is 6.01. The minimum absolute atomic E-state index is 0.360. The Labute approximate surface area is 210 Å². The van der Waals surface area contributed by atoms with Gasteiger partial charge in [0.2, 0.25) is 0 Å². The molecule has 5 rings (SSSR count). The number of rotatable bonds is 4. The van der Waals surface area contributed by atoms with Gasteiger partial charge in [-0.25, -0.2) is 8.78 Å². The first-order chi connectivity index (χ1) is 17.2. The van der Waals surface area contributed by atoms with Gasteiger partial charge < -0.3 is 0 Å². The van der Waals surface area contributed by atoms with Crippen molar-refractivity contribution in [3.8, 4) is 34.4 Å². The van der Waals surface area contributed by atoms with Crippen molar-refractivity contribution in [3.63, 3.8) is 0 Å². The summed E-state index contributed by atoms with van der Waals surface area (Å²) in [5.74, 6) is -0.731. The van der Waals surface area contributed by atoms with E-state index in [2.05, 4.69) is 25.3 Å². The van der Waals surface area contributed by atoms with Gasteiger partial charge in [-0.15, -0.1) is 0 Å². The number of allylic oxidation sites excluding steroid dienone is 2. The topological polar surface area (TPSA) is 47.6 Å². The summed E-state index contributed by atoms with van der Waals surface area (Å²) < 4.78 is 30.7. The molecule has 4 heteroatoms. The molecule has 0 saturated carbocycles. The van der Waals surface area contributed by atoms with E-state index in [1.165, 1.54) is 12.1 Å². The van der Waals surface area contributed by atoms with Crippen LogP contribution in [0.5, 0.6) is 0 Å². The Morgan fingerprint density at radius 1 is 0.667 bits per heavy atom. The molecule has 0 atom stereocenters. The molecule has 0 aromatic heterocycles. The molecule has 2 aliphatic carbocycles. The van der Waals surface area contributed by atoms with Crippen molar-refractivity contribution in [2.75, 3.05) is 0 Å². The van der Waals surface area contributed by atoms with Gasteiger partial charge in [0.1, 0.15) is 11.6 Å². The normalized spacial score (nSPS) is 16.5. The van der Waals surface area contributed by atoms with Crippen LogP contribution in [0.2, 0.25) is 0 Å². The van der Waals surface area contributed by atoms with Crippen LogP contribution >= 0.6 is 0 Å². The number of hydrogen-bond acceptors (Lipinski definition) is 2. The molecule has 0 amide bonds. The van der Waals surface area contributed by atoms with Crippen molar-refractivity contribution in [3.05, 3.63) is 107 Å². The van der Waals surface area contributed by atoms with Crippen molar-refractivity contribution < 1.29 is 8.78 Å². The lowest BCUT2D eigenvalue weighted by Crippen LogP contribution is -2.21. The molecule has 0 bridgehead atoms. The number of hydrogen-bond donors (Lipinski definition) is 0. The highest BCUT2D eigenvalue weighted by Crippen LogP contribution is 2.56. The maximum absolute atomic E-state index is 15.3. The molecule has 3 aromatic rings. The van der Waals surface area contributed by atoms with Gasteiger partial charge in [-0.3, -0.25) is 0 Å². The summed E-state index contributed by atoms with van der Waals surface area (Å²) in [5.41, 5.74) is 5.46. The SMILES string of the molecule is C=C(C)C1(C#N)Cc2c(c(-c3ccccc3F)c3c(c2-c2ccccc2F)CC(C#N)(C(=C)C)C3)C1. The lowest BCUT2D eigenvalue weighted by molar-refractivity contribution is 0.503. The number of fused-ring (bicyclic) bond motifs is 2. The molecule has 0 unspecified atom stereocenters. The van der Waals surface area contributed by atoms with Gasteiger partial charge in [0.25, 0.3) is 0 Å². The van der Waals surface area contributed by atoms with Crippen molar-refractivity contribution in [1.29, 1.82) is 10.5 Å². The van der Waals surface area contributed by atoms with Crippen LogP contribution in [0.1, 0.15) is 36.1 Å². The molecule has 36 heavy (non-hydrogen) atoms. The third-order valence-corrected chi connectivity index (χ3v) is 8.20. The molecular weight excluding hydrogens is 450 g/mol. The average molecular weight is 477 g/mol. The smallest absolute Gasteiger partial charge is 0.131 e. The maximum atomic E-state index is 15.3. The van der Waals surface area contributed by atoms with E-state index in [0.29, 0.717) is 36.8 Å². The van der Waals surface area contributed by atoms with Gasteiger partial charge in [0.15, 0.2) is 0 Å². The fourth-order valence-electron chi connectivity index (χ4n) is 6.01. The van der Waals surface area contributed by atoms with E-state index >= 15 is 8.78 Å². The highest BCUT2D eigenvalue weighted by molar-refractivity contribution is 5.87. The quantitative estimate of drug-likeness (QED) is 0.363. The van der Waals surface area contributed by atoms with Gasteiger partial charge in [-0.1, -0.05) is 60.7 Å². The third-order valence-electron chi connectivity index (χ3n) is 8.20. The molecule has 0 saturated heterocycles. The Morgan fingerprint density at radius 2 is 0.972 bits per heavy atom. The molecule has 2 nitrogen and oxygen atoms in total. The average Bonchev–Trinajstić information content (AvgIpc) is 3.44. The van der Waals surface area contributed by atoms with Gasteiger partial charge >= 0.3 is 0 Å². The molecule has 0 spiro atoms. The largest absolute Gasteiger partial charge is 0.206 e. The van der Waals surface area contributed by atoms with Crippen LogP contribution in [0.25, 0.3) is 22.3 Å². The lowest BCUT2D eigenvalue weighted by Gasteiger charge is -2.22. The second-order valence-electron chi connectivity index (χ2n) is 10.3. The fraction of sp³-hybridized carbons (Fsp3) is 0.250. The number of nitrogens with zero attached hydrogens (tertiary/aromatic N) is 2. The van der Waals surface area contributed by atoms with Crippen LogP contribution in [-0.4, -0.2) is 0 Å². The van der Waals surface area contributed by atoms with Gasteiger partial charge in [0, 0.05) is 11.1 Å². The molecule has 0 aliphatic heterocycles. The van der Waals surface area contributed by atoms with Crippen molar-refractivity contribution in [2.45, 2.75) is 39.5 Å². The monoisotopic (exact) mass is 476 g/mol. The molecule has 0 N–H and O–H groups in total. The van der Waals surface area contributed by atoms with Crippen molar-refractivity contribution >= 4 is 0 Å². The molecule has 0 radical (unpaired) electrons. The second kappa shape index (κ2) is 8.28. The van der Waals surface area contributed by atoms with Gasteiger partial charge in [-0.05, 0) is 85.0 Å². The first-order valence-corrected chi connectivity index (χ1v) is 12.0. The molecule has 0 heterocycles. The molecule has 0 fully saturated rings. The number of halogens is 2. The predicted octanol–water partition coefficient (Wildman–Crippen LogP) is 7.67. The molecule has 3 aromatic carbocycles. The number of nitriles is 2. The summed E-state index contributed by atoms with van der Waals surface area (Å²) in [5, 5.41) is 20.6. The first-order valence-electron chi connectivity index (χ1n) is 12.0. The lowest BCUT2D eigenvalue weighted by atomic mass is 9.78. The molecule has 178 valence electrons. The Morgan fingerprint density at radius 3 is 1.22 bits per heavy atom. The van der Waals surface area contributed by atoms with Crippen LogP contribution in [0.4, 0.5) is 8.78 Å². The Kier molecular flexibility index (Phi) is 5.46. The summed E-state index contributed by atoms with van der Waals surface area (Å²) >= 11 is 0. The minimum Gasteiger partial charge on any atom is -0.206 e. The zero-order chi connectivity index (χ0) is 25.8. The summed E-state index contributed by atoms with van der Waals surface area (Å²) in [6.45, 7) is 11.9. The number of benzene rings is 3. The zero-order valence-electron chi connectivity index (χ0n) is 20.5. The van der Waals surface area contributed by atoms with E-state index in [0.717, 1.165) is 44.5 Å². The van der Waals surface area contributed by atoms with Gasteiger partial charge in [0.05, 0.1) is 23.0 Å². The highest BCUT2D eigenvalue weighted by atomic mass is 19.1. The minimum atomic E-state index is -0.863. The van der Waals surface area contributed by atoms with E-state index in [1.54, 1.807) is 36.4 Å². The molecular formula is C32H26F2N2. The second-order valence-corrected chi connectivity index (χ2v) is 10.3. The van der Waals surface area contributed by atoms with E-state index in [4.69, 9.17) is 0 Å². The summed E-state index contributed by atoms with van der Waals surface area (Å²) in [6, 6.07) is 18.2. The zero-order valence-corrected chi connectivity index (χ0v) is 20.5. The van der Waals surface area contributed by atoms with Crippen LogP contribution in [0.3, 0.4) is 0 Å². The maximum Gasteiger partial charge on any atom is 0.131 e. The standard InChI is InChI=1S/C32H26F2N2/c1-19(2)31(17-35)13-23-24(14-31)30(22-10-6-8-12-28(22)34)26-16-32(18-36,20(3)4)15-25(26)29(23)21-9-5-7-11-27(21)33/h5-12H,1,3,13-16H2,2,4H3. The van der Waals surface area contributed by atoms with Crippen LogP contribution in [-0.2, 0) is 25.7 Å². The predicted molar refractivity (Wildman–Crippen MR) is 138 cm³/mol. The Balaban J connectivity index is 1.95. The van der Waals surface area contributed by atoms with E-state index < -0.39 is 10.8 Å². The summed E-state index contributed by atoms with van der Waals surface area (Å²) in [4.78, 5) is 0. The highest BCUT2D eigenvalue weighted by Gasteiger charge is 2.47. The first kappa shape index (κ1) is 23.7. The van der Waals surface area contributed by atoms with Crippen LogP contribution in [0, 0.1) is 45.1 Å². The summed E-state index contributed by atoms with van der Waals surface area (Å²) in [6.07, 6.45) is 1.44. The summed E-state index contributed by atoms with van der Waals surface area (Å²) in [7, 11) is 0.